The lowest BCUT2D eigenvalue weighted by molar-refractivity contribution is -0.0568. The number of likely N-dealkylation sites (tertiary alicyclic amines) is 1. The van der Waals surface area contributed by atoms with E-state index in [-0.39, 0.29) is 12.8 Å². The van der Waals surface area contributed by atoms with Crippen LogP contribution in [-0.4, -0.2) is 47.6 Å². The van der Waals surface area contributed by atoms with Crippen LogP contribution in [0.4, 0.5) is 19.6 Å². The van der Waals surface area contributed by atoms with Gasteiger partial charge in [0.15, 0.2) is 11.5 Å². The highest BCUT2D eigenvalue weighted by Gasteiger charge is 2.34. The molecule has 5 heterocycles. The van der Waals surface area contributed by atoms with E-state index in [1.54, 1.807) is 0 Å². The lowest BCUT2D eigenvalue weighted by atomic mass is 10.1. The molecule has 1 fully saturated rings. The highest BCUT2D eigenvalue weighted by atomic mass is 32.1. The van der Waals surface area contributed by atoms with Gasteiger partial charge in [0.25, 0.3) is 5.92 Å². The molecule has 0 unspecified atom stereocenters. The van der Waals surface area contributed by atoms with Crippen molar-refractivity contribution in [1.29, 1.82) is 0 Å². The second kappa shape index (κ2) is 8.25. The van der Waals surface area contributed by atoms with E-state index < -0.39 is 5.92 Å². The fourth-order valence-electron chi connectivity index (χ4n) is 4.03. The van der Waals surface area contributed by atoms with Crippen LogP contribution >= 0.6 is 11.5 Å². The van der Waals surface area contributed by atoms with Crippen LogP contribution in [0.25, 0.3) is 16.9 Å². The van der Waals surface area contributed by atoms with Crippen molar-refractivity contribution in [2.75, 3.05) is 18.4 Å². The molecule has 2 N–H and O–H groups in total. The minimum atomic E-state index is -2.53. The summed E-state index contributed by atoms with van der Waals surface area (Å²) < 4.78 is 33.3. The molecular weight excluding hydrogens is 432 g/mol. The number of fused-ring (bicyclic) bond motifs is 1. The fourth-order valence-corrected chi connectivity index (χ4v) is 4.69. The van der Waals surface area contributed by atoms with Crippen LogP contribution in [0.3, 0.4) is 0 Å². The Balaban J connectivity index is 1.36. The minimum absolute atomic E-state index is 0.0868. The van der Waals surface area contributed by atoms with Crippen LogP contribution in [0, 0.1) is 6.92 Å². The normalized spacial score (nSPS) is 16.6. The quantitative estimate of drug-likeness (QED) is 0.425. The summed E-state index contributed by atoms with van der Waals surface area (Å²) in [4.78, 5) is 14.6. The number of alkyl halides is 2. The van der Waals surface area contributed by atoms with Gasteiger partial charge in [0.05, 0.1) is 23.3 Å². The number of hydrogen-bond donors (Lipinski definition) is 2. The van der Waals surface area contributed by atoms with E-state index in [1.807, 2.05) is 40.9 Å². The Kier molecular flexibility index (Phi) is 5.42. The van der Waals surface area contributed by atoms with Crippen molar-refractivity contribution >= 4 is 28.0 Å². The Bertz CT molecular complexity index is 1230. The number of piperidine rings is 1. The Morgan fingerprint density at radius 2 is 2.06 bits per heavy atom. The van der Waals surface area contributed by atoms with Gasteiger partial charge in [-0.3, -0.25) is 9.30 Å². The summed E-state index contributed by atoms with van der Waals surface area (Å²) in [5.74, 6) is -1.87. The fraction of sp³-hybridized carbons (Fsp3) is 0.409. The predicted octanol–water partition coefficient (Wildman–Crippen LogP) is 5.03. The molecule has 1 aliphatic rings. The molecule has 0 spiro atoms. The SMILES string of the molecule is CCc1cc(-c2cnc3c(Nc4cc(CN5CCC(F)(F)CC5)ns4)nc(C)cn23)c[nH]1. The summed E-state index contributed by atoms with van der Waals surface area (Å²) in [5, 5.41) is 4.20. The number of imidazole rings is 1. The van der Waals surface area contributed by atoms with Crippen molar-refractivity contribution in [3.05, 3.63) is 47.8 Å². The van der Waals surface area contributed by atoms with Crippen molar-refractivity contribution in [2.45, 2.75) is 45.6 Å². The van der Waals surface area contributed by atoms with Gasteiger partial charge in [0.2, 0.25) is 0 Å². The van der Waals surface area contributed by atoms with Crippen LogP contribution in [-0.2, 0) is 13.0 Å². The minimum Gasteiger partial charge on any atom is -0.364 e. The van der Waals surface area contributed by atoms with Gasteiger partial charge < -0.3 is 10.3 Å². The van der Waals surface area contributed by atoms with E-state index in [2.05, 4.69) is 37.6 Å². The number of nitrogens with zero attached hydrogens (tertiary/aromatic N) is 5. The molecule has 168 valence electrons. The summed E-state index contributed by atoms with van der Waals surface area (Å²) in [6.07, 6.45) is 6.60. The lowest BCUT2D eigenvalue weighted by Gasteiger charge is -2.31. The largest absolute Gasteiger partial charge is 0.364 e. The molecule has 0 amide bonds. The monoisotopic (exact) mass is 457 g/mol. The Hall–Kier alpha value is -2.85. The van der Waals surface area contributed by atoms with Crippen molar-refractivity contribution in [2.24, 2.45) is 0 Å². The molecule has 0 bridgehead atoms. The zero-order chi connectivity index (χ0) is 22.3. The molecule has 7 nitrogen and oxygen atoms in total. The molecule has 5 rings (SSSR count). The van der Waals surface area contributed by atoms with Gasteiger partial charge in [0.1, 0.15) is 5.00 Å². The molecule has 4 aromatic rings. The second-order valence-corrected chi connectivity index (χ2v) is 9.08. The van der Waals surface area contributed by atoms with Crippen LogP contribution in [0.5, 0.6) is 0 Å². The van der Waals surface area contributed by atoms with Crippen LogP contribution < -0.4 is 5.32 Å². The predicted molar refractivity (Wildman–Crippen MR) is 122 cm³/mol. The number of H-pyrrole nitrogens is 1. The average molecular weight is 458 g/mol. The maximum Gasteiger partial charge on any atom is 0.250 e. The molecule has 0 aromatic carbocycles. The number of aryl methyl sites for hydroxylation is 2. The Labute approximate surface area is 188 Å². The lowest BCUT2D eigenvalue weighted by Crippen LogP contribution is -2.38. The first-order chi connectivity index (χ1) is 15.4. The van der Waals surface area contributed by atoms with Gasteiger partial charge in [-0.2, -0.15) is 4.37 Å². The van der Waals surface area contributed by atoms with Gasteiger partial charge in [-0.15, -0.1) is 0 Å². The third-order valence-electron chi connectivity index (χ3n) is 5.81. The summed E-state index contributed by atoms with van der Waals surface area (Å²) >= 11 is 1.34. The summed E-state index contributed by atoms with van der Waals surface area (Å²) in [7, 11) is 0. The van der Waals surface area contributed by atoms with E-state index in [0.717, 1.165) is 39.7 Å². The van der Waals surface area contributed by atoms with Crippen molar-refractivity contribution in [1.82, 2.24) is 28.6 Å². The van der Waals surface area contributed by atoms with Gasteiger partial charge in [-0.1, -0.05) is 6.92 Å². The molecule has 4 aromatic heterocycles. The second-order valence-electron chi connectivity index (χ2n) is 8.27. The van der Waals surface area contributed by atoms with E-state index in [9.17, 15) is 8.78 Å². The molecular formula is C22H25F2N7S. The molecule has 0 saturated carbocycles. The number of aromatic nitrogens is 5. The number of aromatic amines is 1. The number of rotatable bonds is 6. The molecule has 10 heteroatoms. The van der Waals surface area contributed by atoms with Gasteiger partial charge in [0, 0.05) is 56.1 Å². The van der Waals surface area contributed by atoms with Crippen molar-refractivity contribution in [3.8, 4) is 11.3 Å². The standard InChI is InChI=1S/C22H25F2N7S/c1-3-16-8-15(10-25-16)18-11-26-21-20(27-14(2)12-31(18)21)28-19-9-17(29-32-19)13-30-6-4-22(23,24)5-7-30/h8-12,25H,3-7,13H2,1-2H3,(H,27,28). The summed E-state index contributed by atoms with van der Waals surface area (Å²) in [6, 6.07) is 4.10. The number of anilines is 2. The molecule has 32 heavy (non-hydrogen) atoms. The van der Waals surface area contributed by atoms with Crippen LogP contribution in [0.1, 0.15) is 36.8 Å². The van der Waals surface area contributed by atoms with E-state index in [0.29, 0.717) is 25.5 Å². The van der Waals surface area contributed by atoms with Gasteiger partial charge >= 0.3 is 0 Å². The third kappa shape index (κ3) is 4.24. The molecule has 0 atom stereocenters. The molecule has 0 radical (unpaired) electrons. The van der Waals surface area contributed by atoms with Crippen molar-refractivity contribution in [3.63, 3.8) is 0 Å². The first kappa shape index (κ1) is 21.0. The zero-order valence-corrected chi connectivity index (χ0v) is 18.8. The molecule has 1 saturated heterocycles. The van der Waals surface area contributed by atoms with E-state index in [1.165, 1.54) is 17.2 Å². The molecule has 1 aliphatic heterocycles. The maximum atomic E-state index is 13.4. The smallest absolute Gasteiger partial charge is 0.250 e. The Morgan fingerprint density at radius 3 is 2.81 bits per heavy atom. The average Bonchev–Trinajstić information content (AvgIpc) is 3.49. The van der Waals surface area contributed by atoms with Crippen LogP contribution in [0.2, 0.25) is 0 Å². The van der Waals surface area contributed by atoms with Gasteiger partial charge in [-0.25, -0.2) is 18.7 Å². The first-order valence-corrected chi connectivity index (χ1v) is 11.5. The van der Waals surface area contributed by atoms with E-state index in [4.69, 9.17) is 0 Å². The maximum absolute atomic E-state index is 13.4. The number of nitrogens with one attached hydrogen (secondary N) is 2. The van der Waals surface area contributed by atoms with E-state index >= 15 is 0 Å². The Morgan fingerprint density at radius 1 is 1.25 bits per heavy atom. The molecule has 0 aliphatic carbocycles. The third-order valence-corrected chi connectivity index (χ3v) is 6.55. The van der Waals surface area contributed by atoms with Crippen molar-refractivity contribution < 1.29 is 8.78 Å². The number of halogens is 2. The topological polar surface area (TPSA) is 74.1 Å². The number of hydrogen-bond acceptors (Lipinski definition) is 6. The highest BCUT2D eigenvalue weighted by Crippen LogP contribution is 2.30. The van der Waals surface area contributed by atoms with Gasteiger partial charge in [-0.05, 0) is 37.0 Å². The summed E-state index contributed by atoms with van der Waals surface area (Å²) in [5.41, 5.74) is 5.72. The summed E-state index contributed by atoms with van der Waals surface area (Å²) in [6.45, 7) is 5.43. The zero-order valence-electron chi connectivity index (χ0n) is 18.0. The van der Waals surface area contributed by atoms with Crippen LogP contribution in [0.15, 0.2) is 30.7 Å². The highest BCUT2D eigenvalue weighted by molar-refractivity contribution is 7.10. The first-order valence-electron chi connectivity index (χ1n) is 10.8.